The lowest BCUT2D eigenvalue weighted by molar-refractivity contribution is 0.645. The first kappa shape index (κ1) is 17.8. The van der Waals surface area contributed by atoms with Crippen LogP contribution in [0.25, 0.3) is 16.0 Å². The van der Waals surface area contributed by atoms with Crippen LogP contribution in [0.3, 0.4) is 0 Å². The van der Waals surface area contributed by atoms with Crippen molar-refractivity contribution in [2.24, 2.45) is 4.99 Å². The second-order valence-corrected chi connectivity index (χ2v) is 5.96. The maximum absolute atomic E-state index is 14.2. The van der Waals surface area contributed by atoms with Gasteiger partial charge in [0.2, 0.25) is 0 Å². The maximum atomic E-state index is 14.2. The Bertz CT molecular complexity index is 792. The second kappa shape index (κ2) is 8.93. The van der Waals surface area contributed by atoms with Crippen LogP contribution in [0.2, 0.25) is 0 Å². The smallest absolute Gasteiger partial charge is 0.122 e. The molecule has 2 aromatic rings. The summed E-state index contributed by atoms with van der Waals surface area (Å²) in [5.74, 6) is -0.282. The quantitative estimate of drug-likeness (QED) is 0.482. The highest BCUT2D eigenvalue weighted by molar-refractivity contribution is 7.13. The van der Waals surface area contributed by atoms with Crippen molar-refractivity contribution in [3.05, 3.63) is 65.1 Å². The zero-order valence-corrected chi connectivity index (χ0v) is 14.5. The number of aromatic amines is 1. The molecule has 2 heterocycles. The third-order valence-electron chi connectivity index (χ3n) is 3.51. The number of nitrogens with one attached hydrogen (secondary N) is 2. The number of hydrogen-bond acceptors (Lipinski definition) is 3. The van der Waals surface area contributed by atoms with Crippen molar-refractivity contribution in [2.45, 2.75) is 13.3 Å². The van der Waals surface area contributed by atoms with Crippen molar-refractivity contribution in [1.29, 1.82) is 5.41 Å². The van der Waals surface area contributed by atoms with Gasteiger partial charge in [0.25, 0.3) is 0 Å². The minimum Gasteiger partial charge on any atom is -0.361 e. The van der Waals surface area contributed by atoms with Crippen LogP contribution >= 0.6 is 11.3 Å². The van der Waals surface area contributed by atoms with E-state index in [0.29, 0.717) is 12.0 Å². The number of halogens is 1. The number of nitrogens with zero attached hydrogens (tertiary/aromatic N) is 1. The summed E-state index contributed by atoms with van der Waals surface area (Å²) in [6, 6.07) is 6.05. The first-order valence-corrected chi connectivity index (χ1v) is 8.44. The van der Waals surface area contributed by atoms with Crippen molar-refractivity contribution in [3.8, 4) is 10.4 Å². The monoisotopic (exact) mass is 341 g/mol. The van der Waals surface area contributed by atoms with E-state index in [9.17, 15) is 4.39 Å². The Labute approximate surface area is 145 Å². The molecule has 124 valence electrons. The summed E-state index contributed by atoms with van der Waals surface area (Å²) in [5, 5.41) is 9.47. The number of aromatic nitrogens is 1. The molecular formula is C19H20FN3S. The normalized spacial score (nSPS) is 13.7. The molecule has 24 heavy (non-hydrogen) atoms. The van der Waals surface area contributed by atoms with Gasteiger partial charge in [-0.1, -0.05) is 12.1 Å². The predicted molar refractivity (Wildman–Crippen MR) is 103 cm³/mol. The molecule has 0 saturated carbocycles. The molecule has 0 radical (unpaired) electrons. The minimum absolute atomic E-state index is 0.282. The highest BCUT2D eigenvalue weighted by Crippen LogP contribution is 2.34. The molecule has 0 atom stereocenters. The highest BCUT2D eigenvalue weighted by atomic mass is 32.1. The molecule has 2 N–H and O–H groups in total. The van der Waals surface area contributed by atoms with E-state index in [0.717, 1.165) is 21.7 Å². The number of rotatable bonds is 7. The fourth-order valence-corrected chi connectivity index (χ4v) is 3.14. The van der Waals surface area contributed by atoms with Crippen LogP contribution in [0, 0.1) is 5.41 Å². The Hall–Kier alpha value is -2.53. The van der Waals surface area contributed by atoms with Crippen LogP contribution in [0.5, 0.6) is 0 Å². The van der Waals surface area contributed by atoms with E-state index in [1.165, 1.54) is 12.3 Å². The summed E-state index contributed by atoms with van der Waals surface area (Å²) in [6.07, 6.45) is 9.85. The summed E-state index contributed by atoms with van der Waals surface area (Å²) in [6.45, 7) is 1.66. The van der Waals surface area contributed by atoms with Gasteiger partial charge in [-0.05, 0) is 47.7 Å². The van der Waals surface area contributed by atoms with E-state index >= 15 is 0 Å². The molecule has 2 rings (SSSR count). The van der Waals surface area contributed by atoms with Crippen LogP contribution in [0.1, 0.15) is 19.0 Å². The molecule has 0 saturated heterocycles. The summed E-state index contributed by atoms with van der Waals surface area (Å²) >= 11 is 1.65. The van der Waals surface area contributed by atoms with Gasteiger partial charge in [0.05, 0.1) is 5.69 Å². The molecule has 0 aliphatic rings. The molecule has 0 bridgehead atoms. The SMILES string of the molecule is C\C=C(F)/C(=C\C=N\C)C/C(=C/C=N)c1[nH]ccc1-c1cccs1. The van der Waals surface area contributed by atoms with Gasteiger partial charge >= 0.3 is 0 Å². The van der Waals surface area contributed by atoms with E-state index in [1.807, 2.05) is 29.8 Å². The zero-order valence-electron chi connectivity index (χ0n) is 13.7. The molecule has 0 fully saturated rings. The summed E-state index contributed by atoms with van der Waals surface area (Å²) < 4.78 is 14.2. The Morgan fingerprint density at radius 2 is 2.21 bits per heavy atom. The lowest BCUT2D eigenvalue weighted by Crippen LogP contribution is -1.94. The number of hydrogen-bond donors (Lipinski definition) is 2. The number of aliphatic imine (C=N–C) groups is 1. The molecule has 0 spiro atoms. The lowest BCUT2D eigenvalue weighted by Gasteiger charge is -2.10. The van der Waals surface area contributed by atoms with Crippen LogP contribution in [0.15, 0.2) is 64.4 Å². The summed E-state index contributed by atoms with van der Waals surface area (Å²) in [5.41, 5.74) is 3.35. The van der Waals surface area contributed by atoms with Gasteiger partial charge in [-0.25, -0.2) is 4.39 Å². The highest BCUT2D eigenvalue weighted by Gasteiger charge is 2.14. The third kappa shape index (κ3) is 4.26. The third-order valence-corrected chi connectivity index (χ3v) is 4.41. The number of allylic oxidation sites excluding steroid dienone is 6. The van der Waals surface area contributed by atoms with Crippen LogP contribution in [-0.2, 0) is 0 Å². The van der Waals surface area contributed by atoms with Gasteiger partial charge in [0.1, 0.15) is 5.83 Å². The second-order valence-electron chi connectivity index (χ2n) is 5.01. The Morgan fingerprint density at radius 1 is 1.38 bits per heavy atom. The van der Waals surface area contributed by atoms with Crippen LogP contribution < -0.4 is 0 Å². The van der Waals surface area contributed by atoms with Crippen molar-refractivity contribution in [3.63, 3.8) is 0 Å². The Morgan fingerprint density at radius 3 is 2.83 bits per heavy atom. The van der Waals surface area contributed by atoms with Gasteiger partial charge in [-0.15, -0.1) is 11.3 Å². The van der Waals surface area contributed by atoms with E-state index in [4.69, 9.17) is 5.41 Å². The molecule has 0 aliphatic carbocycles. The number of H-pyrrole nitrogens is 1. The molecule has 0 unspecified atom stereocenters. The largest absolute Gasteiger partial charge is 0.361 e. The molecule has 3 nitrogen and oxygen atoms in total. The predicted octanol–water partition coefficient (Wildman–Crippen LogP) is 5.67. The topological polar surface area (TPSA) is 52.0 Å². The fourth-order valence-electron chi connectivity index (χ4n) is 2.38. The molecule has 0 amide bonds. The van der Waals surface area contributed by atoms with Gasteiger partial charge in [0.15, 0.2) is 0 Å². The molecular weight excluding hydrogens is 321 g/mol. The van der Waals surface area contributed by atoms with Gasteiger partial charge in [0, 0.05) is 42.5 Å². The minimum atomic E-state index is -0.282. The first-order valence-electron chi connectivity index (χ1n) is 7.56. The Kier molecular flexibility index (Phi) is 6.63. The van der Waals surface area contributed by atoms with Crippen molar-refractivity contribution in [2.75, 3.05) is 7.05 Å². The van der Waals surface area contributed by atoms with Crippen molar-refractivity contribution >= 4 is 29.3 Å². The van der Waals surface area contributed by atoms with Crippen molar-refractivity contribution < 1.29 is 4.39 Å². The van der Waals surface area contributed by atoms with Crippen molar-refractivity contribution in [1.82, 2.24) is 4.98 Å². The maximum Gasteiger partial charge on any atom is 0.122 e. The first-order chi connectivity index (χ1) is 11.7. The Balaban J connectivity index is 2.43. The van der Waals surface area contributed by atoms with Crippen LogP contribution in [0.4, 0.5) is 4.39 Å². The van der Waals surface area contributed by atoms with Gasteiger partial charge in [-0.2, -0.15) is 0 Å². The van der Waals surface area contributed by atoms with E-state index in [-0.39, 0.29) is 5.83 Å². The summed E-state index contributed by atoms with van der Waals surface area (Å²) in [4.78, 5) is 8.26. The van der Waals surface area contributed by atoms with Crippen LogP contribution in [-0.4, -0.2) is 24.5 Å². The molecule has 2 aromatic heterocycles. The fraction of sp³-hybridized carbons (Fsp3) is 0.158. The van der Waals surface area contributed by atoms with Gasteiger partial charge < -0.3 is 10.4 Å². The summed E-state index contributed by atoms with van der Waals surface area (Å²) in [7, 11) is 1.65. The number of thiophene rings is 1. The standard InChI is InChI=1S/C19H20FN3S/c1-3-17(20)14(7-10-22-2)13-15(6-9-21)19-16(8-11-23-19)18-5-4-12-24-18/h3-12,21,23H,13H2,1-2H3/b14-7-,15-6-,17-3+,21-9?,22-10+. The molecule has 0 aromatic carbocycles. The molecule has 0 aliphatic heterocycles. The van der Waals surface area contributed by atoms with E-state index in [1.54, 1.807) is 43.7 Å². The van der Waals surface area contributed by atoms with Gasteiger partial charge in [-0.3, -0.25) is 4.99 Å². The lowest BCUT2D eigenvalue weighted by atomic mass is 9.98. The average Bonchev–Trinajstić information content (AvgIpc) is 3.27. The zero-order chi connectivity index (χ0) is 17.4. The molecule has 5 heteroatoms. The van der Waals surface area contributed by atoms with E-state index in [2.05, 4.69) is 9.98 Å². The average molecular weight is 341 g/mol. The van der Waals surface area contributed by atoms with E-state index < -0.39 is 0 Å².